The molecule has 0 aromatic heterocycles. The van der Waals surface area contributed by atoms with Crippen molar-refractivity contribution in [2.45, 2.75) is 31.9 Å². The minimum atomic E-state index is 0.391. The van der Waals surface area contributed by atoms with Gasteiger partial charge in [0.25, 0.3) is 0 Å². The fourth-order valence-corrected chi connectivity index (χ4v) is 2.30. The third kappa shape index (κ3) is 2.52. The summed E-state index contributed by atoms with van der Waals surface area (Å²) in [5.74, 6) is 1.01. The van der Waals surface area contributed by atoms with Gasteiger partial charge in [0.05, 0.1) is 0 Å². The summed E-state index contributed by atoms with van der Waals surface area (Å²) in [5.41, 5.74) is 1.19. The van der Waals surface area contributed by atoms with E-state index in [4.69, 9.17) is 4.74 Å². The van der Waals surface area contributed by atoms with E-state index in [1.165, 1.54) is 5.56 Å². The SMILES string of the molecule is CNC1CC(Oc2ccc(Br)cc2C)C1. The maximum atomic E-state index is 5.91. The molecule has 0 heterocycles. The van der Waals surface area contributed by atoms with E-state index in [9.17, 15) is 0 Å². The molecule has 0 unspecified atom stereocenters. The summed E-state index contributed by atoms with van der Waals surface area (Å²) in [6.07, 6.45) is 2.63. The molecule has 1 fully saturated rings. The molecule has 0 atom stereocenters. The molecular weight excluding hydrogens is 254 g/mol. The van der Waals surface area contributed by atoms with Crippen molar-refractivity contribution in [2.24, 2.45) is 0 Å². The molecule has 1 aliphatic carbocycles. The van der Waals surface area contributed by atoms with Crippen molar-refractivity contribution in [3.05, 3.63) is 28.2 Å². The Hall–Kier alpha value is -0.540. The van der Waals surface area contributed by atoms with Crippen molar-refractivity contribution in [3.8, 4) is 5.75 Å². The molecule has 0 bridgehead atoms. The second-order valence-electron chi connectivity index (χ2n) is 4.11. The van der Waals surface area contributed by atoms with E-state index in [1.54, 1.807) is 0 Å². The predicted octanol–water partition coefficient (Wildman–Crippen LogP) is 2.89. The Morgan fingerprint density at radius 1 is 1.40 bits per heavy atom. The standard InChI is InChI=1S/C12H16BrNO/c1-8-5-9(13)3-4-12(8)15-11-6-10(7-11)14-2/h3-5,10-11,14H,6-7H2,1-2H3. The Labute approximate surface area is 99.1 Å². The molecule has 82 valence electrons. The quantitative estimate of drug-likeness (QED) is 0.911. The summed E-state index contributed by atoms with van der Waals surface area (Å²) in [5, 5.41) is 3.25. The van der Waals surface area contributed by atoms with Crippen LogP contribution in [0.3, 0.4) is 0 Å². The number of nitrogens with one attached hydrogen (secondary N) is 1. The van der Waals surface area contributed by atoms with Gasteiger partial charge in [-0.15, -0.1) is 0 Å². The van der Waals surface area contributed by atoms with Crippen LogP contribution in [0.2, 0.25) is 0 Å². The Kier molecular flexibility index (Phi) is 3.32. The van der Waals surface area contributed by atoms with E-state index < -0.39 is 0 Å². The maximum Gasteiger partial charge on any atom is 0.122 e. The lowest BCUT2D eigenvalue weighted by atomic mass is 9.89. The van der Waals surface area contributed by atoms with Crippen LogP contribution in [0, 0.1) is 6.92 Å². The zero-order chi connectivity index (χ0) is 10.8. The lowest BCUT2D eigenvalue weighted by molar-refractivity contribution is 0.0878. The molecule has 0 spiro atoms. The average Bonchev–Trinajstić information content (AvgIpc) is 2.13. The predicted molar refractivity (Wildman–Crippen MR) is 65.4 cm³/mol. The van der Waals surface area contributed by atoms with Crippen LogP contribution in [-0.2, 0) is 0 Å². The van der Waals surface area contributed by atoms with Gasteiger partial charge in [-0.3, -0.25) is 0 Å². The Bertz CT molecular complexity index is 347. The summed E-state index contributed by atoms with van der Waals surface area (Å²) in [7, 11) is 2.01. The molecular formula is C12H16BrNO. The summed E-state index contributed by atoms with van der Waals surface area (Å²) in [6, 6.07) is 6.79. The summed E-state index contributed by atoms with van der Waals surface area (Å²) < 4.78 is 7.01. The van der Waals surface area contributed by atoms with Gasteiger partial charge in [0.2, 0.25) is 0 Å². The number of rotatable bonds is 3. The maximum absolute atomic E-state index is 5.91. The minimum Gasteiger partial charge on any atom is -0.490 e. The fraction of sp³-hybridized carbons (Fsp3) is 0.500. The fourth-order valence-electron chi connectivity index (χ4n) is 1.82. The van der Waals surface area contributed by atoms with Crippen molar-refractivity contribution >= 4 is 15.9 Å². The minimum absolute atomic E-state index is 0.391. The first-order valence-corrected chi connectivity index (χ1v) is 6.08. The van der Waals surface area contributed by atoms with E-state index in [1.807, 2.05) is 19.2 Å². The van der Waals surface area contributed by atoms with E-state index in [-0.39, 0.29) is 0 Å². The molecule has 3 heteroatoms. The normalized spacial score (nSPS) is 24.7. The largest absolute Gasteiger partial charge is 0.490 e. The molecule has 0 radical (unpaired) electrons. The Balaban J connectivity index is 1.94. The van der Waals surface area contributed by atoms with E-state index >= 15 is 0 Å². The summed E-state index contributed by atoms with van der Waals surface area (Å²) >= 11 is 3.45. The Morgan fingerprint density at radius 2 is 2.13 bits per heavy atom. The topological polar surface area (TPSA) is 21.3 Å². The Morgan fingerprint density at radius 3 is 2.73 bits per heavy atom. The van der Waals surface area contributed by atoms with Crippen LogP contribution >= 0.6 is 15.9 Å². The van der Waals surface area contributed by atoms with Crippen LogP contribution in [0.25, 0.3) is 0 Å². The van der Waals surface area contributed by atoms with Crippen molar-refractivity contribution in [1.82, 2.24) is 5.32 Å². The van der Waals surface area contributed by atoms with Gasteiger partial charge in [-0.25, -0.2) is 0 Å². The second kappa shape index (κ2) is 4.54. The van der Waals surface area contributed by atoms with Crippen LogP contribution < -0.4 is 10.1 Å². The molecule has 15 heavy (non-hydrogen) atoms. The van der Waals surface area contributed by atoms with Gasteiger partial charge in [-0.1, -0.05) is 15.9 Å². The van der Waals surface area contributed by atoms with Crippen LogP contribution in [-0.4, -0.2) is 19.2 Å². The zero-order valence-corrected chi connectivity index (χ0v) is 10.7. The molecule has 2 nitrogen and oxygen atoms in total. The van der Waals surface area contributed by atoms with Crippen molar-refractivity contribution in [1.29, 1.82) is 0 Å². The number of ether oxygens (including phenoxy) is 1. The lowest BCUT2D eigenvalue weighted by Crippen LogP contribution is -2.45. The van der Waals surface area contributed by atoms with Crippen molar-refractivity contribution in [2.75, 3.05) is 7.05 Å². The zero-order valence-electron chi connectivity index (χ0n) is 9.09. The van der Waals surface area contributed by atoms with Gasteiger partial charge in [-0.2, -0.15) is 0 Å². The second-order valence-corrected chi connectivity index (χ2v) is 5.02. The molecule has 1 aromatic carbocycles. The molecule has 0 amide bonds. The van der Waals surface area contributed by atoms with Gasteiger partial charge >= 0.3 is 0 Å². The number of benzene rings is 1. The van der Waals surface area contributed by atoms with E-state index in [0.29, 0.717) is 12.1 Å². The number of aryl methyl sites for hydroxylation is 1. The molecule has 1 aliphatic rings. The van der Waals surface area contributed by atoms with Crippen molar-refractivity contribution < 1.29 is 4.74 Å². The summed E-state index contributed by atoms with van der Waals surface area (Å²) in [6.45, 7) is 2.08. The lowest BCUT2D eigenvalue weighted by Gasteiger charge is -2.35. The van der Waals surface area contributed by atoms with Crippen LogP contribution in [0.15, 0.2) is 22.7 Å². The van der Waals surface area contributed by atoms with Crippen LogP contribution in [0.5, 0.6) is 5.75 Å². The molecule has 1 aromatic rings. The highest BCUT2D eigenvalue weighted by atomic mass is 79.9. The van der Waals surface area contributed by atoms with Crippen LogP contribution in [0.1, 0.15) is 18.4 Å². The van der Waals surface area contributed by atoms with E-state index in [0.717, 1.165) is 23.1 Å². The van der Waals surface area contributed by atoms with Gasteiger partial charge in [0.15, 0.2) is 0 Å². The number of hydrogen-bond acceptors (Lipinski definition) is 2. The van der Waals surface area contributed by atoms with Gasteiger partial charge < -0.3 is 10.1 Å². The monoisotopic (exact) mass is 269 g/mol. The number of halogens is 1. The first-order chi connectivity index (χ1) is 7.19. The van der Waals surface area contributed by atoms with Gasteiger partial charge in [-0.05, 0) is 50.6 Å². The highest BCUT2D eigenvalue weighted by Gasteiger charge is 2.29. The first kappa shape index (κ1) is 11.0. The van der Waals surface area contributed by atoms with E-state index in [2.05, 4.69) is 34.2 Å². The molecule has 1 saturated carbocycles. The summed E-state index contributed by atoms with van der Waals surface area (Å²) in [4.78, 5) is 0. The number of hydrogen-bond donors (Lipinski definition) is 1. The average molecular weight is 270 g/mol. The van der Waals surface area contributed by atoms with Crippen LogP contribution in [0.4, 0.5) is 0 Å². The highest BCUT2D eigenvalue weighted by molar-refractivity contribution is 9.10. The third-order valence-electron chi connectivity index (χ3n) is 2.93. The molecule has 0 aliphatic heterocycles. The molecule has 1 N–H and O–H groups in total. The molecule has 2 rings (SSSR count). The smallest absolute Gasteiger partial charge is 0.122 e. The van der Waals surface area contributed by atoms with Gasteiger partial charge in [0, 0.05) is 10.5 Å². The molecule has 0 saturated heterocycles. The van der Waals surface area contributed by atoms with Gasteiger partial charge in [0.1, 0.15) is 11.9 Å². The highest BCUT2D eigenvalue weighted by Crippen LogP contribution is 2.29. The van der Waals surface area contributed by atoms with Crippen molar-refractivity contribution in [3.63, 3.8) is 0 Å². The third-order valence-corrected chi connectivity index (χ3v) is 3.43. The first-order valence-electron chi connectivity index (χ1n) is 5.29.